The lowest BCUT2D eigenvalue weighted by molar-refractivity contribution is -0.120. The topological polar surface area (TPSA) is 120 Å². The number of ether oxygens (including phenoxy) is 2. The molecule has 0 aliphatic carbocycles. The summed E-state index contributed by atoms with van der Waals surface area (Å²) >= 11 is 0. The smallest absolute Gasteiger partial charge is 0.330 e. The first-order valence-corrected chi connectivity index (χ1v) is 10.6. The summed E-state index contributed by atoms with van der Waals surface area (Å²) in [4.78, 5) is 41.9. The number of nitrogens with zero attached hydrogens (tertiary/aromatic N) is 2. The molecule has 3 rings (SSSR count). The number of nitrogens with two attached hydrogens (primary N) is 1. The average molecular weight is 453 g/mol. The normalized spacial score (nSPS) is 10.7. The number of aromatic nitrogens is 2. The monoisotopic (exact) mass is 452 g/mol. The molecule has 2 aromatic carbocycles. The Morgan fingerprint density at radius 3 is 2.48 bits per heavy atom. The van der Waals surface area contributed by atoms with Crippen LogP contribution in [0.25, 0.3) is 0 Å². The number of methoxy groups -OCH3 is 1. The van der Waals surface area contributed by atoms with Crippen LogP contribution in [0.1, 0.15) is 17.5 Å². The Bertz CT molecular complexity index is 1200. The SMILES string of the molecule is COCCCN(C(=O)COc1ccccc1C)c1c(N)n(Cc2ccccc2)c(=O)[nH]c1=O. The maximum atomic E-state index is 13.1. The van der Waals surface area contributed by atoms with Gasteiger partial charge in [0.1, 0.15) is 11.6 Å². The molecule has 0 fully saturated rings. The van der Waals surface area contributed by atoms with Crippen molar-refractivity contribution in [2.24, 2.45) is 0 Å². The molecule has 1 heterocycles. The maximum absolute atomic E-state index is 13.1. The van der Waals surface area contributed by atoms with Crippen LogP contribution in [0.5, 0.6) is 5.75 Å². The highest BCUT2D eigenvalue weighted by molar-refractivity contribution is 5.96. The highest BCUT2D eigenvalue weighted by atomic mass is 16.5. The van der Waals surface area contributed by atoms with E-state index in [2.05, 4.69) is 4.98 Å². The molecule has 9 heteroatoms. The summed E-state index contributed by atoms with van der Waals surface area (Å²) < 4.78 is 12.0. The minimum Gasteiger partial charge on any atom is -0.483 e. The van der Waals surface area contributed by atoms with Gasteiger partial charge in [-0.25, -0.2) is 4.79 Å². The van der Waals surface area contributed by atoms with E-state index in [-0.39, 0.29) is 31.2 Å². The van der Waals surface area contributed by atoms with Crippen LogP contribution in [-0.2, 0) is 16.1 Å². The maximum Gasteiger partial charge on any atom is 0.330 e. The Morgan fingerprint density at radius 1 is 1.09 bits per heavy atom. The van der Waals surface area contributed by atoms with Gasteiger partial charge >= 0.3 is 5.69 Å². The van der Waals surface area contributed by atoms with Gasteiger partial charge in [0.2, 0.25) is 0 Å². The summed E-state index contributed by atoms with van der Waals surface area (Å²) in [6.07, 6.45) is 0.462. The third kappa shape index (κ3) is 5.89. The van der Waals surface area contributed by atoms with E-state index < -0.39 is 17.2 Å². The van der Waals surface area contributed by atoms with E-state index in [1.807, 2.05) is 55.5 Å². The standard InChI is InChI=1S/C24H28N4O5/c1-17-9-6-7-12-19(17)33-16-20(29)27(13-8-14-32-2)21-22(25)28(24(31)26-23(21)30)15-18-10-4-3-5-11-18/h3-7,9-12H,8,13-16,25H2,1-2H3,(H,26,30,31). The average Bonchev–Trinajstić information content (AvgIpc) is 2.80. The number of hydrogen-bond acceptors (Lipinski definition) is 6. The molecule has 0 radical (unpaired) electrons. The van der Waals surface area contributed by atoms with Crippen LogP contribution >= 0.6 is 0 Å². The number of aryl methyl sites for hydroxylation is 1. The highest BCUT2D eigenvalue weighted by Gasteiger charge is 2.24. The van der Waals surface area contributed by atoms with Gasteiger partial charge < -0.3 is 20.1 Å². The summed E-state index contributed by atoms with van der Waals surface area (Å²) in [6.45, 7) is 2.27. The molecular formula is C24H28N4O5. The van der Waals surface area contributed by atoms with E-state index in [4.69, 9.17) is 15.2 Å². The molecule has 174 valence electrons. The van der Waals surface area contributed by atoms with Crippen LogP contribution in [0.2, 0.25) is 0 Å². The molecule has 0 atom stereocenters. The Kier molecular flexibility index (Phi) is 8.04. The van der Waals surface area contributed by atoms with Crippen molar-refractivity contribution in [3.8, 4) is 5.75 Å². The van der Waals surface area contributed by atoms with Gasteiger partial charge in [0.05, 0.1) is 6.54 Å². The molecule has 0 bridgehead atoms. The van der Waals surface area contributed by atoms with Gasteiger partial charge in [0.15, 0.2) is 12.3 Å². The third-order valence-electron chi connectivity index (χ3n) is 5.14. The number of carbonyl (C=O) groups is 1. The van der Waals surface area contributed by atoms with Gasteiger partial charge in [-0.3, -0.25) is 19.1 Å². The van der Waals surface area contributed by atoms with Gasteiger partial charge in [-0.2, -0.15) is 0 Å². The number of hydrogen-bond donors (Lipinski definition) is 2. The molecule has 0 spiro atoms. The second-order valence-corrected chi connectivity index (χ2v) is 7.51. The molecule has 1 amide bonds. The van der Waals surface area contributed by atoms with Gasteiger partial charge in [-0.05, 0) is 30.5 Å². The van der Waals surface area contributed by atoms with Crippen LogP contribution in [0.4, 0.5) is 11.5 Å². The molecular weight excluding hydrogens is 424 g/mol. The third-order valence-corrected chi connectivity index (χ3v) is 5.14. The quantitative estimate of drug-likeness (QED) is 0.454. The predicted octanol–water partition coefficient (Wildman–Crippen LogP) is 1.92. The van der Waals surface area contributed by atoms with Gasteiger partial charge in [-0.1, -0.05) is 48.5 Å². The fourth-order valence-electron chi connectivity index (χ4n) is 3.43. The first-order valence-electron chi connectivity index (χ1n) is 10.6. The zero-order valence-corrected chi connectivity index (χ0v) is 18.7. The number of para-hydroxylation sites is 1. The first kappa shape index (κ1) is 23.8. The summed E-state index contributed by atoms with van der Waals surface area (Å²) in [5.74, 6) is 0.0179. The van der Waals surface area contributed by atoms with Crippen molar-refractivity contribution >= 4 is 17.4 Å². The largest absolute Gasteiger partial charge is 0.483 e. The number of nitrogens with one attached hydrogen (secondary N) is 1. The van der Waals surface area contributed by atoms with Crippen LogP contribution in [0.3, 0.4) is 0 Å². The van der Waals surface area contributed by atoms with Crippen molar-refractivity contribution in [2.75, 3.05) is 37.5 Å². The van der Waals surface area contributed by atoms with Crippen molar-refractivity contribution in [3.63, 3.8) is 0 Å². The zero-order chi connectivity index (χ0) is 23.8. The molecule has 0 saturated heterocycles. The second kappa shape index (κ2) is 11.1. The fraction of sp³-hybridized carbons (Fsp3) is 0.292. The summed E-state index contributed by atoms with van der Waals surface area (Å²) in [7, 11) is 1.55. The molecule has 0 saturated carbocycles. The van der Waals surface area contributed by atoms with E-state index in [0.717, 1.165) is 11.1 Å². The molecule has 0 unspecified atom stereocenters. The second-order valence-electron chi connectivity index (χ2n) is 7.51. The minimum atomic E-state index is -0.733. The Hall–Kier alpha value is -3.85. The number of benzene rings is 2. The van der Waals surface area contributed by atoms with Gasteiger partial charge in [0, 0.05) is 20.3 Å². The summed E-state index contributed by atoms with van der Waals surface area (Å²) in [6, 6.07) is 16.5. The molecule has 3 aromatic rings. The van der Waals surface area contributed by atoms with Crippen LogP contribution in [0, 0.1) is 6.92 Å². The zero-order valence-electron chi connectivity index (χ0n) is 18.7. The lowest BCUT2D eigenvalue weighted by Gasteiger charge is -2.24. The van der Waals surface area contributed by atoms with E-state index in [0.29, 0.717) is 18.8 Å². The molecule has 1 aromatic heterocycles. The summed E-state index contributed by atoms with van der Waals surface area (Å²) in [5.41, 5.74) is 6.52. The number of carbonyl (C=O) groups excluding carboxylic acids is 1. The predicted molar refractivity (Wildman–Crippen MR) is 127 cm³/mol. The van der Waals surface area contributed by atoms with E-state index in [1.165, 1.54) is 9.47 Å². The Morgan fingerprint density at radius 2 is 1.79 bits per heavy atom. The fourth-order valence-corrected chi connectivity index (χ4v) is 3.43. The molecule has 0 aliphatic rings. The first-order chi connectivity index (χ1) is 15.9. The van der Waals surface area contributed by atoms with Gasteiger partial charge in [-0.15, -0.1) is 0 Å². The Labute approximate surface area is 191 Å². The van der Waals surface area contributed by atoms with Crippen molar-refractivity contribution in [1.29, 1.82) is 0 Å². The Balaban J connectivity index is 1.94. The van der Waals surface area contributed by atoms with Crippen LogP contribution < -0.4 is 26.6 Å². The molecule has 33 heavy (non-hydrogen) atoms. The number of rotatable bonds is 10. The number of aromatic amines is 1. The number of anilines is 2. The lowest BCUT2D eigenvalue weighted by Crippen LogP contribution is -2.43. The van der Waals surface area contributed by atoms with E-state index in [9.17, 15) is 14.4 Å². The minimum absolute atomic E-state index is 0.0833. The van der Waals surface area contributed by atoms with Gasteiger partial charge in [0.25, 0.3) is 11.5 Å². The highest BCUT2D eigenvalue weighted by Crippen LogP contribution is 2.20. The van der Waals surface area contributed by atoms with Crippen molar-refractivity contribution in [3.05, 3.63) is 86.6 Å². The number of amides is 1. The molecule has 9 nitrogen and oxygen atoms in total. The summed E-state index contributed by atoms with van der Waals surface area (Å²) in [5, 5.41) is 0. The molecule has 0 aliphatic heterocycles. The van der Waals surface area contributed by atoms with Crippen LogP contribution in [-0.4, -0.2) is 42.3 Å². The van der Waals surface area contributed by atoms with E-state index >= 15 is 0 Å². The van der Waals surface area contributed by atoms with Crippen molar-refractivity contribution in [1.82, 2.24) is 9.55 Å². The van der Waals surface area contributed by atoms with Crippen molar-refractivity contribution in [2.45, 2.75) is 19.9 Å². The van der Waals surface area contributed by atoms with Crippen molar-refractivity contribution < 1.29 is 14.3 Å². The van der Waals surface area contributed by atoms with Crippen LogP contribution in [0.15, 0.2) is 64.2 Å². The lowest BCUT2D eigenvalue weighted by atomic mass is 10.2. The van der Waals surface area contributed by atoms with E-state index in [1.54, 1.807) is 13.2 Å². The number of H-pyrrole nitrogens is 1. The molecule has 3 N–H and O–H groups in total. The number of nitrogen functional groups attached to an aromatic ring is 1.